The van der Waals surface area contributed by atoms with Crippen molar-refractivity contribution in [1.82, 2.24) is 20.4 Å². The van der Waals surface area contributed by atoms with E-state index in [2.05, 4.69) is 15.7 Å². The summed E-state index contributed by atoms with van der Waals surface area (Å²) in [5.74, 6) is -0.468. The Labute approximate surface area is 170 Å². The average Bonchev–Trinajstić information content (AvgIpc) is 3.38. The van der Waals surface area contributed by atoms with Gasteiger partial charge in [0.1, 0.15) is 5.82 Å². The van der Waals surface area contributed by atoms with E-state index in [1.807, 2.05) is 0 Å². The number of hydrogen-bond donors (Lipinski definition) is 3. The molecule has 0 radical (unpaired) electrons. The van der Waals surface area contributed by atoms with Gasteiger partial charge in [-0.3, -0.25) is 9.48 Å². The maximum Gasteiger partial charge on any atom is 0.435 e. The van der Waals surface area contributed by atoms with Crippen LogP contribution in [-0.2, 0) is 24.4 Å². The summed E-state index contributed by atoms with van der Waals surface area (Å²) in [7, 11) is 1.37. The van der Waals surface area contributed by atoms with Crippen molar-refractivity contribution < 1.29 is 22.4 Å². The summed E-state index contributed by atoms with van der Waals surface area (Å²) in [6, 6.07) is 5.14. The SMILES string of the molecule is Cn1nc(C(F)(F)F)cc1-c1ccc(CC(N)NC(=O)C2NC3CCC2C3)c(F)c1. The van der Waals surface area contributed by atoms with Crippen LogP contribution in [-0.4, -0.2) is 33.9 Å². The molecule has 2 fully saturated rings. The number of nitrogens with one attached hydrogen (secondary N) is 2. The van der Waals surface area contributed by atoms with Crippen LogP contribution in [0.15, 0.2) is 24.3 Å². The molecule has 4 unspecified atom stereocenters. The Morgan fingerprint density at radius 1 is 1.37 bits per heavy atom. The van der Waals surface area contributed by atoms with Gasteiger partial charge in [0.25, 0.3) is 0 Å². The van der Waals surface area contributed by atoms with E-state index in [4.69, 9.17) is 5.73 Å². The summed E-state index contributed by atoms with van der Waals surface area (Å²) >= 11 is 0. The lowest BCUT2D eigenvalue weighted by atomic mass is 9.99. The molecule has 2 aromatic rings. The molecule has 2 heterocycles. The minimum atomic E-state index is -4.58. The fourth-order valence-corrected chi connectivity index (χ4v) is 4.46. The van der Waals surface area contributed by atoms with E-state index in [-0.39, 0.29) is 35.2 Å². The minimum absolute atomic E-state index is 0.0673. The number of halogens is 4. The summed E-state index contributed by atoms with van der Waals surface area (Å²) in [5.41, 5.74) is 5.65. The third-order valence-corrected chi connectivity index (χ3v) is 5.93. The third-order valence-electron chi connectivity index (χ3n) is 5.93. The first kappa shape index (κ1) is 20.8. The standard InChI is InChI=1S/C20H23F4N5O/c1-29-15(9-16(28-29)20(22,23)24)11-3-2-10(14(21)7-11)8-17(25)27-19(30)18-12-4-5-13(6-12)26-18/h2-3,7,9,12-13,17-18,26H,4-6,8,25H2,1H3,(H,27,30). The first-order chi connectivity index (χ1) is 14.1. The van der Waals surface area contributed by atoms with E-state index in [1.165, 1.54) is 19.2 Å². The fraction of sp³-hybridized carbons (Fsp3) is 0.500. The third kappa shape index (κ3) is 4.06. The highest BCUT2D eigenvalue weighted by Gasteiger charge is 2.42. The molecule has 2 bridgehead atoms. The Morgan fingerprint density at radius 2 is 2.13 bits per heavy atom. The molecule has 4 atom stereocenters. The number of nitrogens with zero attached hydrogens (tertiary/aromatic N) is 2. The number of aryl methyl sites for hydroxylation is 1. The van der Waals surface area contributed by atoms with Crippen LogP contribution in [0.4, 0.5) is 17.6 Å². The number of nitrogens with two attached hydrogens (primary N) is 1. The maximum atomic E-state index is 14.6. The minimum Gasteiger partial charge on any atom is -0.339 e. The number of carbonyl (C=O) groups excluding carboxylic acids is 1. The van der Waals surface area contributed by atoms with Crippen LogP contribution in [0.5, 0.6) is 0 Å². The normalized spacial score (nSPS) is 24.3. The average molecular weight is 425 g/mol. The molecule has 162 valence electrons. The Morgan fingerprint density at radius 3 is 2.70 bits per heavy atom. The van der Waals surface area contributed by atoms with Crippen molar-refractivity contribution in [1.29, 1.82) is 0 Å². The number of amides is 1. The van der Waals surface area contributed by atoms with Gasteiger partial charge in [0, 0.05) is 25.1 Å². The number of aromatic nitrogens is 2. The van der Waals surface area contributed by atoms with E-state index in [1.54, 1.807) is 0 Å². The number of rotatable bonds is 5. The van der Waals surface area contributed by atoms with Gasteiger partial charge in [-0.25, -0.2) is 4.39 Å². The summed E-state index contributed by atoms with van der Waals surface area (Å²) in [4.78, 5) is 12.4. The molecule has 1 saturated carbocycles. The van der Waals surface area contributed by atoms with Crippen LogP contribution in [0.2, 0.25) is 0 Å². The number of fused-ring (bicyclic) bond motifs is 2. The Balaban J connectivity index is 1.42. The van der Waals surface area contributed by atoms with Crippen molar-refractivity contribution >= 4 is 5.91 Å². The Hall–Kier alpha value is -2.46. The fourth-order valence-electron chi connectivity index (χ4n) is 4.46. The van der Waals surface area contributed by atoms with Crippen molar-refractivity contribution in [2.75, 3.05) is 0 Å². The Bertz CT molecular complexity index is 957. The molecule has 4 N–H and O–H groups in total. The first-order valence-corrected chi connectivity index (χ1v) is 9.84. The Kier molecular flexibility index (Phi) is 5.31. The molecule has 1 aromatic carbocycles. The molecule has 0 spiro atoms. The first-order valence-electron chi connectivity index (χ1n) is 9.84. The second-order valence-corrected chi connectivity index (χ2v) is 8.08. The predicted octanol–water partition coefficient (Wildman–Crippen LogP) is 2.33. The van der Waals surface area contributed by atoms with Crippen LogP contribution < -0.4 is 16.4 Å². The number of alkyl halides is 3. The van der Waals surface area contributed by atoms with Gasteiger partial charge < -0.3 is 16.4 Å². The van der Waals surface area contributed by atoms with Crippen LogP contribution in [0.1, 0.15) is 30.5 Å². The van der Waals surface area contributed by atoms with Crippen LogP contribution >= 0.6 is 0 Å². The van der Waals surface area contributed by atoms with Gasteiger partial charge >= 0.3 is 6.18 Å². The highest BCUT2D eigenvalue weighted by Crippen LogP contribution is 2.35. The zero-order valence-corrected chi connectivity index (χ0v) is 16.3. The van der Waals surface area contributed by atoms with Crippen molar-refractivity contribution in [2.24, 2.45) is 18.7 Å². The van der Waals surface area contributed by atoms with Crippen molar-refractivity contribution in [2.45, 2.75) is 50.1 Å². The number of carbonyl (C=O) groups is 1. The molecule has 1 saturated heterocycles. The molecule has 1 aliphatic carbocycles. The molecule has 10 heteroatoms. The molecule has 6 nitrogen and oxygen atoms in total. The summed E-state index contributed by atoms with van der Waals surface area (Å²) in [5, 5.41) is 9.45. The van der Waals surface area contributed by atoms with Gasteiger partial charge in [-0.15, -0.1) is 0 Å². The molecule has 2 aliphatic rings. The highest BCUT2D eigenvalue weighted by molar-refractivity contribution is 5.83. The largest absolute Gasteiger partial charge is 0.435 e. The lowest BCUT2D eigenvalue weighted by Crippen LogP contribution is -2.53. The molecule has 1 aliphatic heterocycles. The topological polar surface area (TPSA) is 85.0 Å². The van der Waals surface area contributed by atoms with E-state index >= 15 is 0 Å². The second-order valence-electron chi connectivity index (χ2n) is 8.08. The zero-order chi connectivity index (χ0) is 21.6. The van der Waals surface area contributed by atoms with E-state index in [0.717, 1.165) is 36.1 Å². The molecular weight excluding hydrogens is 402 g/mol. The predicted molar refractivity (Wildman–Crippen MR) is 101 cm³/mol. The summed E-state index contributed by atoms with van der Waals surface area (Å²) in [6.45, 7) is 0. The number of piperidine rings is 1. The van der Waals surface area contributed by atoms with Gasteiger partial charge in [0.15, 0.2) is 5.69 Å². The maximum absolute atomic E-state index is 14.6. The summed E-state index contributed by atoms with van der Waals surface area (Å²) < 4.78 is 54.2. The lowest BCUT2D eigenvalue weighted by molar-refractivity contribution is -0.141. The quantitative estimate of drug-likeness (QED) is 0.507. The van der Waals surface area contributed by atoms with Crippen molar-refractivity contribution in [3.63, 3.8) is 0 Å². The van der Waals surface area contributed by atoms with Gasteiger partial charge in [-0.1, -0.05) is 12.1 Å². The molecule has 1 aromatic heterocycles. The summed E-state index contributed by atoms with van der Waals surface area (Å²) in [6.07, 6.45) is -2.18. The molecular formula is C20H23F4N5O. The molecule has 4 rings (SSSR count). The van der Waals surface area contributed by atoms with Crippen LogP contribution in [0.25, 0.3) is 11.3 Å². The van der Waals surface area contributed by atoms with E-state index < -0.39 is 23.9 Å². The lowest BCUT2D eigenvalue weighted by Gasteiger charge is -2.24. The zero-order valence-electron chi connectivity index (χ0n) is 16.3. The monoisotopic (exact) mass is 425 g/mol. The highest BCUT2D eigenvalue weighted by atomic mass is 19.4. The second kappa shape index (κ2) is 7.66. The van der Waals surface area contributed by atoms with Crippen LogP contribution in [0, 0.1) is 11.7 Å². The van der Waals surface area contributed by atoms with Gasteiger partial charge in [0.2, 0.25) is 5.91 Å². The van der Waals surface area contributed by atoms with Crippen LogP contribution in [0.3, 0.4) is 0 Å². The number of benzene rings is 1. The van der Waals surface area contributed by atoms with Gasteiger partial charge in [0.05, 0.1) is 17.9 Å². The van der Waals surface area contributed by atoms with Crippen molar-refractivity contribution in [3.05, 3.63) is 41.3 Å². The molecule has 1 amide bonds. The van der Waals surface area contributed by atoms with E-state index in [0.29, 0.717) is 12.0 Å². The van der Waals surface area contributed by atoms with Gasteiger partial charge in [-0.05, 0) is 42.9 Å². The smallest absolute Gasteiger partial charge is 0.339 e. The van der Waals surface area contributed by atoms with Crippen molar-refractivity contribution in [3.8, 4) is 11.3 Å². The van der Waals surface area contributed by atoms with E-state index in [9.17, 15) is 22.4 Å². The number of hydrogen-bond acceptors (Lipinski definition) is 4. The van der Waals surface area contributed by atoms with Gasteiger partial charge in [-0.2, -0.15) is 18.3 Å². The molecule has 30 heavy (non-hydrogen) atoms.